The third-order valence-corrected chi connectivity index (χ3v) is 28.7. The minimum absolute atomic E-state index is 0.492. The Morgan fingerprint density at radius 3 is 1.19 bits per heavy atom. The Morgan fingerprint density at radius 1 is 0.481 bits per heavy atom. The molecule has 0 N–H and O–H groups in total. The van der Waals surface area contributed by atoms with E-state index in [4.69, 9.17) is 0 Å². The van der Waals surface area contributed by atoms with Gasteiger partial charge in [-0.1, -0.05) is 109 Å². The highest BCUT2D eigenvalue weighted by molar-refractivity contribution is 7.41. The fraction of sp³-hybridized carbons (Fsp3) is 0.250. The van der Waals surface area contributed by atoms with E-state index in [0.29, 0.717) is 0 Å². The molecule has 3 rings (SSSR count). The van der Waals surface area contributed by atoms with E-state index in [1.54, 1.807) is 16.7 Å². The third-order valence-electron chi connectivity index (χ3n) is 5.83. The molecule has 0 aliphatic rings. The molecule has 0 amide bonds. The quantitative estimate of drug-likeness (QED) is 0.446. The van der Waals surface area contributed by atoms with Crippen molar-refractivity contribution >= 4 is 25.9 Å². The van der Waals surface area contributed by atoms with Gasteiger partial charge in [0.05, 0.1) is 0 Å². The molecule has 1 unspecified atom stereocenters. The molecule has 0 heterocycles. The van der Waals surface area contributed by atoms with Gasteiger partial charge in [0.2, 0.25) is 0 Å². The van der Waals surface area contributed by atoms with E-state index in [-0.39, 0.29) is 0 Å². The average molecular weight is 405 g/mol. The SMILES string of the molecule is [SiH3][SiH](CCc1ccccc1)[SiH](CCc1ccccc1)CCc1ccccc1. The lowest BCUT2D eigenvalue weighted by Crippen LogP contribution is -2.37. The van der Waals surface area contributed by atoms with Gasteiger partial charge in [0.25, 0.3) is 0 Å². The van der Waals surface area contributed by atoms with E-state index in [1.807, 2.05) is 0 Å². The molecule has 0 aliphatic heterocycles. The van der Waals surface area contributed by atoms with Crippen LogP contribution in [0.15, 0.2) is 91.0 Å². The van der Waals surface area contributed by atoms with Gasteiger partial charge in [0.1, 0.15) is 0 Å². The fourth-order valence-corrected chi connectivity index (χ4v) is 21.3. The minimum atomic E-state index is -0.608. The van der Waals surface area contributed by atoms with Crippen LogP contribution in [0.5, 0.6) is 0 Å². The Labute approximate surface area is 170 Å². The summed E-state index contributed by atoms with van der Waals surface area (Å²) in [5.41, 5.74) is 4.63. The van der Waals surface area contributed by atoms with Gasteiger partial charge >= 0.3 is 0 Å². The highest BCUT2D eigenvalue weighted by Gasteiger charge is 2.20. The van der Waals surface area contributed by atoms with E-state index >= 15 is 0 Å². The van der Waals surface area contributed by atoms with Gasteiger partial charge in [0, 0.05) is 16.1 Å². The monoisotopic (exact) mass is 404 g/mol. The van der Waals surface area contributed by atoms with Gasteiger partial charge in [0.15, 0.2) is 0 Å². The van der Waals surface area contributed by atoms with E-state index < -0.39 is 16.1 Å². The molecule has 0 aliphatic carbocycles. The second kappa shape index (κ2) is 11.2. The minimum Gasteiger partial charge on any atom is -0.0622 e. The predicted octanol–water partition coefficient (Wildman–Crippen LogP) is 4.11. The molecule has 0 bridgehead atoms. The Morgan fingerprint density at radius 2 is 0.815 bits per heavy atom. The summed E-state index contributed by atoms with van der Waals surface area (Å²) in [6, 6.07) is 38.0. The summed E-state index contributed by atoms with van der Waals surface area (Å²) in [5, 5.41) is 0. The summed E-state index contributed by atoms with van der Waals surface area (Å²) in [7, 11) is 0.387. The summed E-state index contributed by atoms with van der Waals surface area (Å²) in [5.74, 6) is 0. The van der Waals surface area contributed by atoms with Crippen LogP contribution in [0.4, 0.5) is 0 Å². The molecule has 0 fully saturated rings. The topological polar surface area (TPSA) is 0 Å². The Kier molecular flexibility index (Phi) is 8.34. The van der Waals surface area contributed by atoms with Gasteiger partial charge in [-0.05, 0) is 45.7 Å². The number of rotatable bonds is 10. The molecule has 1 atom stereocenters. The van der Waals surface area contributed by atoms with Crippen LogP contribution >= 0.6 is 0 Å². The second-order valence-corrected chi connectivity index (χ2v) is 27.7. The summed E-state index contributed by atoms with van der Waals surface area (Å²) >= 11 is 0. The molecule has 0 saturated carbocycles. The molecule has 0 radical (unpaired) electrons. The molecule has 3 aromatic rings. The van der Waals surface area contributed by atoms with E-state index in [1.165, 1.54) is 47.2 Å². The van der Waals surface area contributed by atoms with Crippen molar-refractivity contribution < 1.29 is 0 Å². The highest BCUT2D eigenvalue weighted by atomic mass is 29.6. The van der Waals surface area contributed by atoms with Crippen LogP contribution in [-0.2, 0) is 19.3 Å². The largest absolute Gasteiger partial charge is 0.0622 e. The zero-order valence-corrected chi connectivity index (χ0v) is 20.9. The molecular formula is C24H32Si3. The molecule has 0 spiro atoms. The van der Waals surface area contributed by atoms with E-state index in [0.717, 1.165) is 0 Å². The summed E-state index contributed by atoms with van der Waals surface area (Å²) in [6.07, 6.45) is 3.94. The Balaban J connectivity index is 1.58. The van der Waals surface area contributed by atoms with Gasteiger partial charge in [-0.3, -0.25) is 0 Å². The molecule has 0 nitrogen and oxygen atoms in total. The van der Waals surface area contributed by atoms with Gasteiger partial charge in [-0.2, -0.15) is 0 Å². The number of hydrogen-bond acceptors (Lipinski definition) is 0. The predicted molar refractivity (Wildman–Crippen MR) is 129 cm³/mol. The third kappa shape index (κ3) is 7.09. The molecule has 0 aromatic heterocycles. The highest BCUT2D eigenvalue weighted by Crippen LogP contribution is 2.16. The number of hydrogen-bond donors (Lipinski definition) is 0. The first-order valence-electron chi connectivity index (χ1n) is 10.4. The smallest absolute Gasteiger partial charge is 0.0251 e. The van der Waals surface area contributed by atoms with Crippen molar-refractivity contribution in [1.29, 1.82) is 0 Å². The summed E-state index contributed by atoms with van der Waals surface area (Å²) in [4.78, 5) is 0. The van der Waals surface area contributed by atoms with Crippen LogP contribution in [0.2, 0.25) is 18.1 Å². The zero-order valence-electron chi connectivity index (χ0n) is 16.6. The van der Waals surface area contributed by atoms with E-state index in [9.17, 15) is 0 Å². The van der Waals surface area contributed by atoms with Crippen molar-refractivity contribution in [1.82, 2.24) is 0 Å². The lowest BCUT2D eigenvalue weighted by Gasteiger charge is -2.22. The number of aryl methyl sites for hydroxylation is 3. The van der Waals surface area contributed by atoms with Gasteiger partial charge in [-0.25, -0.2) is 0 Å². The normalized spacial score (nSPS) is 12.3. The van der Waals surface area contributed by atoms with Gasteiger partial charge in [-0.15, -0.1) is 0 Å². The molecule has 140 valence electrons. The molecule has 0 saturated heterocycles. The molecule has 3 heteroatoms. The maximum Gasteiger partial charge on any atom is 0.0251 e. The summed E-state index contributed by atoms with van der Waals surface area (Å²) in [6.45, 7) is 0. The molecule has 27 heavy (non-hydrogen) atoms. The van der Waals surface area contributed by atoms with Crippen molar-refractivity contribution in [2.75, 3.05) is 0 Å². The Bertz CT molecular complexity index is 716. The fourth-order valence-electron chi connectivity index (χ4n) is 3.98. The molecule has 3 aromatic carbocycles. The lowest BCUT2D eigenvalue weighted by atomic mass is 10.2. The van der Waals surface area contributed by atoms with Crippen molar-refractivity contribution in [2.24, 2.45) is 0 Å². The first-order chi connectivity index (χ1) is 13.3. The van der Waals surface area contributed by atoms with Crippen molar-refractivity contribution in [3.63, 3.8) is 0 Å². The van der Waals surface area contributed by atoms with Crippen LogP contribution in [0.3, 0.4) is 0 Å². The van der Waals surface area contributed by atoms with Crippen LogP contribution < -0.4 is 0 Å². The van der Waals surface area contributed by atoms with Crippen molar-refractivity contribution in [3.05, 3.63) is 108 Å². The average Bonchev–Trinajstić information content (AvgIpc) is 2.74. The standard InChI is InChI=1S/C24H32Si3/c25-27(21-18-24-14-8-3-9-15-24)26(19-16-22-10-4-1-5-11-22)20-17-23-12-6-2-7-13-23/h1-15,26-27H,16-21H2,25H3. The van der Waals surface area contributed by atoms with E-state index in [2.05, 4.69) is 91.0 Å². The van der Waals surface area contributed by atoms with Crippen LogP contribution in [0.1, 0.15) is 16.7 Å². The zero-order chi connectivity index (χ0) is 18.7. The maximum atomic E-state index is 2.32. The van der Waals surface area contributed by atoms with Crippen molar-refractivity contribution in [3.8, 4) is 0 Å². The number of benzene rings is 3. The maximum absolute atomic E-state index is 2.32. The molecular weight excluding hydrogens is 373 g/mol. The van der Waals surface area contributed by atoms with Crippen LogP contribution in [0.25, 0.3) is 0 Å². The van der Waals surface area contributed by atoms with Gasteiger partial charge < -0.3 is 0 Å². The van der Waals surface area contributed by atoms with Crippen LogP contribution in [-0.4, -0.2) is 25.9 Å². The Hall–Kier alpha value is -1.69. The second-order valence-electron chi connectivity index (χ2n) is 7.81. The summed E-state index contributed by atoms with van der Waals surface area (Å²) < 4.78 is 0. The lowest BCUT2D eigenvalue weighted by molar-refractivity contribution is 1.06. The van der Waals surface area contributed by atoms with Crippen LogP contribution in [0, 0.1) is 0 Å². The first-order valence-corrected chi connectivity index (χ1v) is 20.2. The van der Waals surface area contributed by atoms with Crippen molar-refractivity contribution in [2.45, 2.75) is 37.4 Å². The first kappa shape index (κ1) is 20.1.